The van der Waals surface area contributed by atoms with Crippen LogP contribution in [-0.4, -0.2) is 23.2 Å². The first-order valence-electron chi connectivity index (χ1n) is 6.15. The van der Waals surface area contributed by atoms with Crippen LogP contribution >= 0.6 is 11.6 Å². The van der Waals surface area contributed by atoms with Crippen LogP contribution in [0.1, 0.15) is 18.7 Å². The maximum absolute atomic E-state index is 13.0. The molecule has 2 aromatic rings. The average molecular weight is 282 g/mol. The predicted octanol–water partition coefficient (Wildman–Crippen LogP) is 2.85. The molecule has 2 atom stereocenters. The minimum atomic E-state index is -0.383. The van der Waals surface area contributed by atoms with Gasteiger partial charge in [-0.1, -0.05) is 23.7 Å². The van der Waals surface area contributed by atoms with Crippen LogP contribution < -0.4 is 5.32 Å². The molecular formula is C13H13ClFN3O. The largest absolute Gasteiger partial charge is 0.339 e. The Labute approximate surface area is 115 Å². The molecule has 3 rings (SSSR count). The summed E-state index contributed by atoms with van der Waals surface area (Å²) in [5.74, 6) is 1.30. The van der Waals surface area contributed by atoms with Crippen molar-refractivity contribution in [1.29, 1.82) is 0 Å². The zero-order valence-electron chi connectivity index (χ0n) is 10.4. The van der Waals surface area contributed by atoms with Crippen molar-refractivity contribution in [2.24, 2.45) is 5.92 Å². The monoisotopic (exact) mass is 281 g/mol. The number of benzene rings is 1. The van der Waals surface area contributed by atoms with E-state index in [1.807, 2.05) is 0 Å². The summed E-state index contributed by atoms with van der Waals surface area (Å²) in [6.07, 6.45) is 0. The zero-order chi connectivity index (χ0) is 13.4. The van der Waals surface area contributed by atoms with Gasteiger partial charge in [-0.15, -0.1) is 0 Å². The van der Waals surface area contributed by atoms with Gasteiger partial charge in [0.1, 0.15) is 5.82 Å². The van der Waals surface area contributed by atoms with Crippen LogP contribution in [0.15, 0.2) is 22.7 Å². The molecule has 19 heavy (non-hydrogen) atoms. The lowest BCUT2D eigenvalue weighted by Crippen LogP contribution is -2.08. The fourth-order valence-corrected chi connectivity index (χ4v) is 2.56. The molecule has 1 aliphatic heterocycles. The Morgan fingerprint density at radius 1 is 1.42 bits per heavy atom. The summed E-state index contributed by atoms with van der Waals surface area (Å²) >= 11 is 5.99. The Morgan fingerprint density at radius 2 is 2.26 bits per heavy atom. The summed E-state index contributed by atoms with van der Waals surface area (Å²) in [5, 5.41) is 7.50. The Hall–Kier alpha value is -1.46. The molecule has 4 nitrogen and oxygen atoms in total. The van der Waals surface area contributed by atoms with Crippen LogP contribution in [0.25, 0.3) is 11.4 Å². The van der Waals surface area contributed by atoms with E-state index in [-0.39, 0.29) is 16.8 Å². The van der Waals surface area contributed by atoms with Crippen molar-refractivity contribution in [3.8, 4) is 11.4 Å². The number of nitrogens with one attached hydrogen (secondary N) is 1. The lowest BCUT2D eigenvalue weighted by molar-refractivity contribution is 0.340. The number of nitrogens with zero attached hydrogens (tertiary/aromatic N) is 2. The van der Waals surface area contributed by atoms with E-state index < -0.39 is 0 Å². The quantitative estimate of drug-likeness (QED) is 0.920. The molecule has 0 amide bonds. The third-order valence-electron chi connectivity index (χ3n) is 3.45. The Morgan fingerprint density at radius 3 is 2.95 bits per heavy atom. The van der Waals surface area contributed by atoms with Crippen LogP contribution in [0, 0.1) is 11.7 Å². The highest BCUT2D eigenvalue weighted by molar-refractivity contribution is 6.33. The number of aromatic nitrogens is 2. The van der Waals surface area contributed by atoms with Gasteiger partial charge in [0, 0.05) is 12.1 Å². The normalized spacial score (nSPS) is 22.9. The van der Waals surface area contributed by atoms with Gasteiger partial charge in [-0.05, 0) is 30.7 Å². The first-order chi connectivity index (χ1) is 9.15. The van der Waals surface area contributed by atoms with Gasteiger partial charge >= 0.3 is 0 Å². The van der Waals surface area contributed by atoms with Gasteiger partial charge in [-0.3, -0.25) is 0 Å². The van der Waals surface area contributed by atoms with E-state index in [0.29, 0.717) is 23.2 Å². The minimum absolute atomic E-state index is 0.223. The second-order valence-corrected chi connectivity index (χ2v) is 5.23. The molecule has 1 fully saturated rings. The summed E-state index contributed by atoms with van der Waals surface area (Å²) in [4.78, 5) is 4.38. The number of rotatable bonds is 2. The average Bonchev–Trinajstić information content (AvgIpc) is 2.97. The first kappa shape index (κ1) is 12.6. The van der Waals surface area contributed by atoms with Crippen LogP contribution in [-0.2, 0) is 0 Å². The fraction of sp³-hybridized carbons (Fsp3) is 0.385. The second-order valence-electron chi connectivity index (χ2n) is 4.82. The van der Waals surface area contributed by atoms with Crippen molar-refractivity contribution >= 4 is 11.6 Å². The van der Waals surface area contributed by atoms with E-state index in [2.05, 4.69) is 22.4 Å². The molecule has 6 heteroatoms. The molecule has 1 aliphatic rings. The Kier molecular flexibility index (Phi) is 3.24. The molecule has 100 valence electrons. The summed E-state index contributed by atoms with van der Waals surface area (Å²) in [5.41, 5.74) is 0.580. The van der Waals surface area contributed by atoms with E-state index >= 15 is 0 Å². The van der Waals surface area contributed by atoms with Gasteiger partial charge in [0.25, 0.3) is 0 Å². The third-order valence-corrected chi connectivity index (χ3v) is 3.76. The minimum Gasteiger partial charge on any atom is -0.339 e. The smallest absolute Gasteiger partial charge is 0.231 e. The van der Waals surface area contributed by atoms with Crippen molar-refractivity contribution in [2.75, 3.05) is 13.1 Å². The van der Waals surface area contributed by atoms with Gasteiger partial charge < -0.3 is 9.84 Å². The summed E-state index contributed by atoms with van der Waals surface area (Å²) in [6, 6.07) is 4.13. The molecule has 0 unspecified atom stereocenters. The highest BCUT2D eigenvalue weighted by Gasteiger charge is 2.29. The predicted molar refractivity (Wildman–Crippen MR) is 69.5 cm³/mol. The molecule has 0 radical (unpaired) electrons. The number of hydrogen-bond acceptors (Lipinski definition) is 4. The maximum Gasteiger partial charge on any atom is 0.231 e. The van der Waals surface area contributed by atoms with Crippen molar-refractivity contribution in [1.82, 2.24) is 15.5 Å². The molecular weight excluding hydrogens is 269 g/mol. The highest BCUT2D eigenvalue weighted by atomic mass is 35.5. The van der Waals surface area contributed by atoms with E-state index in [0.717, 1.165) is 13.1 Å². The van der Waals surface area contributed by atoms with E-state index in [4.69, 9.17) is 16.1 Å². The topological polar surface area (TPSA) is 51.0 Å². The molecule has 0 spiro atoms. The van der Waals surface area contributed by atoms with Crippen molar-refractivity contribution < 1.29 is 8.91 Å². The molecule has 0 saturated carbocycles. The molecule has 1 N–H and O–H groups in total. The second kappa shape index (κ2) is 4.90. The van der Waals surface area contributed by atoms with Gasteiger partial charge in [0.15, 0.2) is 0 Å². The van der Waals surface area contributed by atoms with Gasteiger partial charge in [-0.25, -0.2) is 4.39 Å². The zero-order valence-corrected chi connectivity index (χ0v) is 11.1. The van der Waals surface area contributed by atoms with Gasteiger partial charge in [0.05, 0.1) is 10.9 Å². The molecule has 2 heterocycles. The van der Waals surface area contributed by atoms with E-state index in [1.54, 1.807) is 6.07 Å². The lowest BCUT2D eigenvalue weighted by Gasteiger charge is -2.07. The van der Waals surface area contributed by atoms with Crippen LogP contribution in [0.4, 0.5) is 4.39 Å². The van der Waals surface area contributed by atoms with Gasteiger partial charge in [0.2, 0.25) is 11.7 Å². The molecule has 0 aliphatic carbocycles. The third kappa shape index (κ3) is 2.35. The first-order valence-corrected chi connectivity index (χ1v) is 6.52. The number of halogens is 2. The van der Waals surface area contributed by atoms with Gasteiger partial charge in [-0.2, -0.15) is 4.98 Å². The molecule has 1 saturated heterocycles. The molecule has 1 aromatic heterocycles. The van der Waals surface area contributed by atoms with Crippen LogP contribution in [0.5, 0.6) is 0 Å². The van der Waals surface area contributed by atoms with Crippen molar-refractivity contribution in [3.05, 3.63) is 34.9 Å². The van der Waals surface area contributed by atoms with E-state index in [1.165, 1.54) is 12.1 Å². The maximum atomic E-state index is 13.0. The molecule has 0 bridgehead atoms. The summed E-state index contributed by atoms with van der Waals surface area (Å²) in [7, 11) is 0. The Balaban J connectivity index is 1.92. The fourth-order valence-electron chi connectivity index (χ4n) is 2.31. The van der Waals surface area contributed by atoms with Crippen molar-refractivity contribution in [2.45, 2.75) is 12.8 Å². The van der Waals surface area contributed by atoms with Crippen molar-refractivity contribution in [3.63, 3.8) is 0 Å². The van der Waals surface area contributed by atoms with E-state index in [9.17, 15) is 4.39 Å². The lowest BCUT2D eigenvalue weighted by atomic mass is 9.98. The molecule has 1 aromatic carbocycles. The summed E-state index contributed by atoms with van der Waals surface area (Å²) in [6.45, 7) is 3.92. The van der Waals surface area contributed by atoms with Crippen LogP contribution in [0.2, 0.25) is 5.02 Å². The number of hydrogen-bond donors (Lipinski definition) is 1. The summed E-state index contributed by atoms with van der Waals surface area (Å²) < 4.78 is 18.3. The SMILES string of the molecule is C[C@@H]1CNC[C@H]1c1nc(-c2ccc(F)cc2Cl)no1. The van der Waals surface area contributed by atoms with Crippen LogP contribution in [0.3, 0.4) is 0 Å². The Bertz CT molecular complexity index is 601. The highest BCUT2D eigenvalue weighted by Crippen LogP contribution is 2.30. The standard InChI is InChI=1S/C13H13ClFN3O/c1-7-5-16-6-10(7)13-17-12(18-19-13)9-3-2-8(15)4-11(9)14/h2-4,7,10,16H,5-6H2,1H3/t7-,10-/m1/s1.